The van der Waals surface area contributed by atoms with Crippen LogP contribution in [0.3, 0.4) is 0 Å². The van der Waals surface area contributed by atoms with Crippen molar-refractivity contribution in [2.45, 2.75) is 45.6 Å². The minimum atomic E-state index is 0.515. The molecule has 1 aromatic carbocycles. The van der Waals surface area contributed by atoms with Crippen LogP contribution in [0.25, 0.3) is 0 Å². The van der Waals surface area contributed by atoms with Crippen molar-refractivity contribution in [3.8, 4) is 0 Å². The van der Waals surface area contributed by atoms with Crippen LogP contribution in [0, 0.1) is 19.8 Å². The molecule has 1 aliphatic rings. The topological polar surface area (TPSA) is 12.0 Å². The molecule has 0 amide bonds. The Morgan fingerprint density at radius 3 is 2.35 bits per heavy atom. The lowest BCUT2D eigenvalue weighted by molar-refractivity contribution is 0.506. The summed E-state index contributed by atoms with van der Waals surface area (Å²) in [5.41, 5.74) is 4.12. The van der Waals surface area contributed by atoms with E-state index in [1.54, 1.807) is 0 Å². The first-order chi connectivity index (χ1) is 8.11. The van der Waals surface area contributed by atoms with Crippen molar-refractivity contribution >= 4 is 15.9 Å². The standard InChI is InChI=1S/C15H22BrN/c1-10-8-13(9-11(2)15(10)16)14(17-3)7-6-12-4-5-12/h8-9,12,14,17H,4-7H2,1-3H3. The summed E-state index contributed by atoms with van der Waals surface area (Å²) in [4.78, 5) is 0. The summed E-state index contributed by atoms with van der Waals surface area (Å²) in [5, 5.41) is 3.46. The van der Waals surface area contributed by atoms with Gasteiger partial charge >= 0.3 is 0 Å². The van der Waals surface area contributed by atoms with Gasteiger partial charge in [0, 0.05) is 10.5 Å². The quantitative estimate of drug-likeness (QED) is 0.842. The van der Waals surface area contributed by atoms with Gasteiger partial charge in [0.1, 0.15) is 0 Å². The van der Waals surface area contributed by atoms with Gasteiger partial charge in [-0.3, -0.25) is 0 Å². The van der Waals surface area contributed by atoms with Crippen LogP contribution in [0.5, 0.6) is 0 Å². The zero-order valence-electron chi connectivity index (χ0n) is 11.0. The lowest BCUT2D eigenvalue weighted by atomic mass is 9.97. The van der Waals surface area contributed by atoms with E-state index < -0.39 is 0 Å². The first-order valence-electron chi connectivity index (χ1n) is 6.55. The van der Waals surface area contributed by atoms with Gasteiger partial charge in [0.15, 0.2) is 0 Å². The van der Waals surface area contributed by atoms with Crippen molar-refractivity contribution in [2.75, 3.05) is 7.05 Å². The van der Waals surface area contributed by atoms with Gasteiger partial charge in [-0.25, -0.2) is 0 Å². The molecule has 0 bridgehead atoms. The Labute approximate surface area is 113 Å². The number of hydrogen-bond acceptors (Lipinski definition) is 1. The molecule has 0 heterocycles. The molecule has 0 radical (unpaired) electrons. The third kappa shape index (κ3) is 3.32. The molecule has 2 rings (SSSR count). The second kappa shape index (κ2) is 5.53. The van der Waals surface area contributed by atoms with E-state index >= 15 is 0 Å². The van der Waals surface area contributed by atoms with Crippen LogP contribution in [0.15, 0.2) is 16.6 Å². The minimum absolute atomic E-state index is 0.515. The molecule has 0 aliphatic heterocycles. The van der Waals surface area contributed by atoms with Crippen LogP contribution in [0.4, 0.5) is 0 Å². The smallest absolute Gasteiger partial charge is 0.0317 e. The average Bonchev–Trinajstić information content (AvgIpc) is 3.10. The van der Waals surface area contributed by atoms with Gasteiger partial charge in [-0.2, -0.15) is 0 Å². The summed E-state index contributed by atoms with van der Waals surface area (Å²) in [7, 11) is 2.07. The van der Waals surface area contributed by atoms with Crippen molar-refractivity contribution in [1.29, 1.82) is 0 Å². The van der Waals surface area contributed by atoms with E-state index in [9.17, 15) is 0 Å². The van der Waals surface area contributed by atoms with Crippen LogP contribution in [0.2, 0.25) is 0 Å². The lowest BCUT2D eigenvalue weighted by Crippen LogP contribution is -2.17. The summed E-state index contributed by atoms with van der Waals surface area (Å²) in [6, 6.07) is 5.14. The summed E-state index contributed by atoms with van der Waals surface area (Å²) in [6.07, 6.45) is 5.55. The van der Waals surface area contributed by atoms with Gasteiger partial charge in [-0.1, -0.05) is 40.9 Å². The number of hydrogen-bond donors (Lipinski definition) is 1. The number of benzene rings is 1. The molecule has 94 valence electrons. The van der Waals surface area contributed by atoms with Gasteiger partial charge < -0.3 is 5.32 Å². The summed E-state index contributed by atoms with van der Waals surface area (Å²) >= 11 is 3.64. The van der Waals surface area contributed by atoms with Crippen LogP contribution >= 0.6 is 15.9 Å². The summed E-state index contributed by atoms with van der Waals surface area (Å²) < 4.78 is 1.25. The Balaban J connectivity index is 2.11. The van der Waals surface area contributed by atoms with E-state index in [-0.39, 0.29) is 0 Å². The molecule has 1 atom stereocenters. The van der Waals surface area contributed by atoms with E-state index in [1.165, 1.54) is 46.8 Å². The van der Waals surface area contributed by atoms with Crippen LogP contribution in [-0.4, -0.2) is 7.05 Å². The minimum Gasteiger partial charge on any atom is -0.313 e. The van der Waals surface area contributed by atoms with E-state index in [4.69, 9.17) is 0 Å². The Kier molecular flexibility index (Phi) is 4.26. The average molecular weight is 296 g/mol. The van der Waals surface area contributed by atoms with Crippen molar-refractivity contribution in [2.24, 2.45) is 5.92 Å². The van der Waals surface area contributed by atoms with Gasteiger partial charge in [0.05, 0.1) is 0 Å². The Morgan fingerprint density at radius 2 is 1.88 bits per heavy atom. The zero-order chi connectivity index (χ0) is 12.4. The molecule has 1 saturated carbocycles. The maximum atomic E-state index is 3.64. The monoisotopic (exact) mass is 295 g/mol. The first-order valence-corrected chi connectivity index (χ1v) is 7.35. The molecule has 1 nitrogen and oxygen atoms in total. The van der Waals surface area contributed by atoms with Crippen LogP contribution in [0.1, 0.15) is 48.4 Å². The maximum Gasteiger partial charge on any atom is 0.0317 e. The molecule has 1 aliphatic carbocycles. The summed E-state index contributed by atoms with van der Waals surface area (Å²) in [6.45, 7) is 4.35. The third-order valence-electron chi connectivity index (χ3n) is 3.77. The highest BCUT2D eigenvalue weighted by Crippen LogP contribution is 2.36. The van der Waals surface area contributed by atoms with E-state index in [0.29, 0.717) is 6.04 Å². The normalized spacial score (nSPS) is 17.2. The van der Waals surface area contributed by atoms with Crippen molar-refractivity contribution in [3.05, 3.63) is 33.3 Å². The fourth-order valence-corrected chi connectivity index (χ4v) is 2.70. The molecule has 1 N–H and O–H groups in total. The molecule has 0 spiro atoms. The Morgan fingerprint density at radius 1 is 1.29 bits per heavy atom. The van der Waals surface area contributed by atoms with Crippen LogP contribution < -0.4 is 5.32 Å². The lowest BCUT2D eigenvalue weighted by Gasteiger charge is -2.18. The van der Waals surface area contributed by atoms with Crippen molar-refractivity contribution < 1.29 is 0 Å². The molecular formula is C15H22BrN. The van der Waals surface area contributed by atoms with Gasteiger partial charge in [0.25, 0.3) is 0 Å². The number of nitrogens with one attached hydrogen (secondary N) is 1. The van der Waals surface area contributed by atoms with Crippen molar-refractivity contribution in [3.63, 3.8) is 0 Å². The SMILES string of the molecule is CNC(CCC1CC1)c1cc(C)c(Br)c(C)c1. The van der Waals surface area contributed by atoms with Crippen LogP contribution in [-0.2, 0) is 0 Å². The molecule has 0 saturated heterocycles. The van der Waals surface area contributed by atoms with Gasteiger partial charge in [-0.05, 0) is 56.3 Å². The second-order valence-corrected chi connectivity index (χ2v) is 6.12. The van der Waals surface area contributed by atoms with E-state index in [1.807, 2.05) is 0 Å². The molecule has 0 aromatic heterocycles. The highest BCUT2D eigenvalue weighted by molar-refractivity contribution is 9.10. The Bertz CT molecular complexity index is 373. The van der Waals surface area contributed by atoms with Gasteiger partial charge in [-0.15, -0.1) is 0 Å². The molecule has 1 fully saturated rings. The molecule has 17 heavy (non-hydrogen) atoms. The fourth-order valence-electron chi connectivity index (χ4n) is 2.47. The largest absolute Gasteiger partial charge is 0.313 e. The highest BCUT2D eigenvalue weighted by atomic mass is 79.9. The Hall–Kier alpha value is -0.340. The number of halogens is 1. The fraction of sp³-hybridized carbons (Fsp3) is 0.600. The molecular weight excluding hydrogens is 274 g/mol. The number of aryl methyl sites for hydroxylation is 2. The first kappa shape index (κ1) is 13.1. The number of rotatable bonds is 5. The second-order valence-electron chi connectivity index (χ2n) is 5.33. The maximum absolute atomic E-state index is 3.64. The summed E-state index contributed by atoms with van der Waals surface area (Å²) in [5.74, 6) is 1.02. The predicted octanol–water partition coefficient (Wildman–Crippen LogP) is 4.52. The highest BCUT2D eigenvalue weighted by Gasteiger charge is 2.22. The van der Waals surface area contributed by atoms with E-state index in [2.05, 4.69) is 54.3 Å². The molecule has 1 aromatic rings. The van der Waals surface area contributed by atoms with Crippen molar-refractivity contribution in [1.82, 2.24) is 5.32 Å². The zero-order valence-corrected chi connectivity index (χ0v) is 12.6. The predicted molar refractivity (Wildman–Crippen MR) is 77.4 cm³/mol. The van der Waals surface area contributed by atoms with Gasteiger partial charge in [0.2, 0.25) is 0 Å². The molecule has 1 unspecified atom stereocenters. The van der Waals surface area contributed by atoms with E-state index in [0.717, 1.165) is 5.92 Å². The molecule has 2 heteroatoms. The third-order valence-corrected chi connectivity index (χ3v) is 5.02.